The fourth-order valence-corrected chi connectivity index (χ4v) is 2.19. The van der Waals surface area contributed by atoms with E-state index in [0.717, 1.165) is 5.69 Å². The molecule has 0 aliphatic heterocycles. The van der Waals surface area contributed by atoms with E-state index in [0.29, 0.717) is 23.7 Å². The number of halogens is 1. The van der Waals surface area contributed by atoms with Gasteiger partial charge in [0.2, 0.25) is 5.91 Å². The number of carbonyl (C=O) groups is 1. The van der Waals surface area contributed by atoms with Crippen LogP contribution in [0.2, 0.25) is 0 Å². The molecule has 0 unspecified atom stereocenters. The van der Waals surface area contributed by atoms with Gasteiger partial charge < -0.3 is 14.4 Å². The van der Waals surface area contributed by atoms with Crippen molar-refractivity contribution in [3.05, 3.63) is 48.3 Å². The van der Waals surface area contributed by atoms with Crippen LogP contribution in [0.1, 0.15) is 5.69 Å². The average molecular weight is 321 g/mol. The fourth-order valence-electron chi connectivity index (χ4n) is 2.04. The molecule has 0 aliphatic carbocycles. The van der Waals surface area contributed by atoms with E-state index in [4.69, 9.17) is 21.1 Å². The van der Waals surface area contributed by atoms with Gasteiger partial charge >= 0.3 is 0 Å². The Kier molecular flexibility index (Phi) is 5.61. The molecule has 22 heavy (non-hydrogen) atoms. The fraction of sp³-hybridized carbons (Fsp3) is 0.250. The zero-order valence-electron chi connectivity index (χ0n) is 12.5. The topological polar surface area (TPSA) is 51.7 Å². The molecule has 1 aromatic carbocycles. The summed E-state index contributed by atoms with van der Waals surface area (Å²) in [5.41, 5.74) is 1.45. The van der Waals surface area contributed by atoms with Crippen molar-refractivity contribution in [2.75, 3.05) is 25.0 Å². The maximum Gasteiger partial charge on any atom is 0.242 e. The van der Waals surface area contributed by atoms with Crippen LogP contribution in [0, 0.1) is 0 Å². The first-order valence-corrected chi connectivity index (χ1v) is 7.21. The van der Waals surface area contributed by atoms with E-state index in [9.17, 15) is 4.79 Å². The van der Waals surface area contributed by atoms with Gasteiger partial charge in [-0.3, -0.25) is 9.78 Å². The van der Waals surface area contributed by atoms with Gasteiger partial charge in [-0.05, 0) is 24.3 Å². The number of anilines is 1. The van der Waals surface area contributed by atoms with Gasteiger partial charge in [-0.25, -0.2) is 0 Å². The van der Waals surface area contributed by atoms with Gasteiger partial charge in [0.15, 0.2) is 11.5 Å². The molecule has 0 N–H and O–H groups in total. The largest absolute Gasteiger partial charge is 0.493 e. The first-order chi connectivity index (χ1) is 10.7. The molecule has 2 aromatic rings. The number of benzene rings is 1. The summed E-state index contributed by atoms with van der Waals surface area (Å²) < 4.78 is 10.5. The minimum atomic E-state index is -0.209. The maximum atomic E-state index is 12.2. The monoisotopic (exact) mass is 320 g/mol. The SMILES string of the molecule is COc1ccc(N(Cc2ccccn2)C(=O)CCl)cc1OC. The molecule has 0 bridgehead atoms. The van der Waals surface area contributed by atoms with Crippen molar-refractivity contribution in [2.45, 2.75) is 6.54 Å². The highest BCUT2D eigenvalue weighted by Crippen LogP contribution is 2.32. The number of ether oxygens (including phenoxy) is 2. The van der Waals surface area contributed by atoms with Gasteiger partial charge in [-0.2, -0.15) is 0 Å². The molecule has 0 atom stereocenters. The molecule has 5 nitrogen and oxygen atoms in total. The van der Waals surface area contributed by atoms with Crippen LogP contribution < -0.4 is 14.4 Å². The summed E-state index contributed by atoms with van der Waals surface area (Å²) in [4.78, 5) is 18.0. The molecule has 2 rings (SSSR count). The first-order valence-electron chi connectivity index (χ1n) is 6.68. The highest BCUT2D eigenvalue weighted by atomic mass is 35.5. The van der Waals surface area contributed by atoms with E-state index in [1.807, 2.05) is 18.2 Å². The van der Waals surface area contributed by atoms with Gasteiger partial charge in [0.05, 0.1) is 26.5 Å². The zero-order chi connectivity index (χ0) is 15.9. The quantitative estimate of drug-likeness (QED) is 0.768. The molecular weight excluding hydrogens is 304 g/mol. The minimum absolute atomic E-state index is 0.110. The number of rotatable bonds is 6. The normalized spacial score (nSPS) is 10.1. The van der Waals surface area contributed by atoms with Crippen molar-refractivity contribution in [1.29, 1.82) is 0 Å². The third kappa shape index (κ3) is 3.68. The van der Waals surface area contributed by atoms with E-state index in [2.05, 4.69) is 4.98 Å². The predicted octanol–water partition coefficient (Wildman–Crippen LogP) is 2.87. The second-order valence-electron chi connectivity index (χ2n) is 4.47. The smallest absolute Gasteiger partial charge is 0.242 e. The van der Waals surface area contributed by atoms with Crippen molar-refractivity contribution >= 4 is 23.2 Å². The summed E-state index contributed by atoms with van der Waals surface area (Å²) in [6.45, 7) is 0.335. The second kappa shape index (κ2) is 7.66. The molecule has 0 saturated carbocycles. The third-order valence-corrected chi connectivity index (χ3v) is 3.37. The molecule has 0 fully saturated rings. The van der Waals surface area contributed by atoms with Gasteiger partial charge in [-0.15, -0.1) is 11.6 Å². The lowest BCUT2D eigenvalue weighted by atomic mass is 10.2. The Morgan fingerprint density at radius 1 is 1.18 bits per heavy atom. The van der Waals surface area contributed by atoms with Gasteiger partial charge in [0.1, 0.15) is 5.88 Å². The lowest BCUT2D eigenvalue weighted by Crippen LogP contribution is -2.31. The van der Waals surface area contributed by atoms with Crippen LogP contribution in [0.3, 0.4) is 0 Å². The van der Waals surface area contributed by atoms with Crippen molar-refractivity contribution in [2.24, 2.45) is 0 Å². The Balaban J connectivity index is 2.35. The van der Waals surface area contributed by atoms with Gasteiger partial charge in [0, 0.05) is 18.0 Å². The van der Waals surface area contributed by atoms with Gasteiger partial charge in [-0.1, -0.05) is 6.07 Å². The number of amides is 1. The molecule has 116 valence electrons. The molecule has 0 aliphatic rings. The molecule has 1 heterocycles. The van der Waals surface area contributed by atoms with Crippen LogP contribution in [0.5, 0.6) is 11.5 Å². The molecule has 1 amide bonds. The van der Waals surface area contributed by atoms with Crippen molar-refractivity contribution < 1.29 is 14.3 Å². The Morgan fingerprint density at radius 2 is 1.95 bits per heavy atom. The molecule has 0 spiro atoms. The Labute approximate surface area is 134 Å². The maximum absolute atomic E-state index is 12.2. The molecular formula is C16H17ClN2O3. The van der Waals surface area contributed by atoms with E-state index in [1.54, 1.807) is 43.5 Å². The number of methoxy groups -OCH3 is 2. The predicted molar refractivity (Wildman–Crippen MR) is 85.7 cm³/mol. The molecule has 0 saturated heterocycles. The summed E-state index contributed by atoms with van der Waals surface area (Å²) in [5.74, 6) is 0.830. The van der Waals surface area contributed by atoms with Crippen LogP contribution in [0.4, 0.5) is 5.69 Å². The second-order valence-corrected chi connectivity index (χ2v) is 4.74. The number of nitrogens with zero attached hydrogens (tertiary/aromatic N) is 2. The number of aromatic nitrogens is 1. The minimum Gasteiger partial charge on any atom is -0.493 e. The van der Waals surface area contributed by atoms with E-state index >= 15 is 0 Å². The van der Waals surface area contributed by atoms with Crippen LogP contribution in [0.15, 0.2) is 42.6 Å². The Bertz CT molecular complexity index is 635. The Morgan fingerprint density at radius 3 is 2.55 bits per heavy atom. The van der Waals surface area contributed by atoms with Crippen LogP contribution in [-0.4, -0.2) is 31.0 Å². The highest BCUT2D eigenvalue weighted by molar-refractivity contribution is 6.29. The first kappa shape index (κ1) is 16.1. The lowest BCUT2D eigenvalue weighted by Gasteiger charge is -2.22. The summed E-state index contributed by atoms with van der Waals surface area (Å²) in [6.07, 6.45) is 1.69. The van der Waals surface area contributed by atoms with Crippen LogP contribution >= 0.6 is 11.6 Å². The standard InChI is InChI=1S/C16H17ClN2O3/c1-21-14-7-6-13(9-15(14)22-2)19(16(20)10-17)11-12-5-3-4-8-18-12/h3-9H,10-11H2,1-2H3. The summed E-state index contributed by atoms with van der Waals surface area (Å²) in [6, 6.07) is 10.8. The number of hydrogen-bond donors (Lipinski definition) is 0. The lowest BCUT2D eigenvalue weighted by molar-refractivity contribution is -0.116. The molecule has 0 radical (unpaired) electrons. The van der Waals surface area contributed by atoms with E-state index in [1.165, 1.54) is 0 Å². The highest BCUT2D eigenvalue weighted by Gasteiger charge is 2.17. The number of pyridine rings is 1. The third-order valence-electron chi connectivity index (χ3n) is 3.14. The summed E-state index contributed by atoms with van der Waals surface area (Å²) in [5, 5.41) is 0. The van der Waals surface area contributed by atoms with Gasteiger partial charge in [0.25, 0.3) is 0 Å². The van der Waals surface area contributed by atoms with Crippen LogP contribution in [-0.2, 0) is 11.3 Å². The van der Waals surface area contributed by atoms with E-state index in [-0.39, 0.29) is 11.8 Å². The van der Waals surface area contributed by atoms with E-state index < -0.39 is 0 Å². The van der Waals surface area contributed by atoms with Crippen molar-refractivity contribution in [3.8, 4) is 11.5 Å². The van der Waals surface area contributed by atoms with Crippen LogP contribution in [0.25, 0.3) is 0 Å². The molecule has 6 heteroatoms. The molecule has 1 aromatic heterocycles. The zero-order valence-corrected chi connectivity index (χ0v) is 13.2. The average Bonchev–Trinajstić information content (AvgIpc) is 2.59. The summed E-state index contributed by atoms with van der Waals surface area (Å²) in [7, 11) is 3.11. The summed E-state index contributed by atoms with van der Waals surface area (Å²) >= 11 is 5.73. The van der Waals surface area contributed by atoms with Crippen molar-refractivity contribution in [1.82, 2.24) is 4.98 Å². The van der Waals surface area contributed by atoms with Crippen molar-refractivity contribution in [3.63, 3.8) is 0 Å². The number of carbonyl (C=O) groups excluding carboxylic acids is 1. The number of hydrogen-bond acceptors (Lipinski definition) is 4. The Hall–Kier alpha value is -2.27. The number of alkyl halides is 1.